The second-order valence-electron chi connectivity index (χ2n) is 4.77. The van der Waals surface area contributed by atoms with E-state index in [4.69, 9.17) is 0 Å². The van der Waals surface area contributed by atoms with Gasteiger partial charge in [0.1, 0.15) is 5.01 Å². The van der Waals surface area contributed by atoms with Crippen LogP contribution in [0.4, 0.5) is 26.3 Å². The highest BCUT2D eigenvalue weighted by Crippen LogP contribution is 2.38. The Hall–Kier alpha value is -2.10. The largest absolute Gasteiger partial charge is 0.416 e. The van der Waals surface area contributed by atoms with Crippen LogP contribution in [0.15, 0.2) is 24.4 Å². The van der Waals surface area contributed by atoms with Gasteiger partial charge in [-0.25, -0.2) is 9.50 Å². The van der Waals surface area contributed by atoms with E-state index in [0.29, 0.717) is 22.1 Å². The fraction of sp³-hybridized carbons (Fsp3) is 0.231. The summed E-state index contributed by atoms with van der Waals surface area (Å²) < 4.78 is 78.4. The Bertz CT molecular complexity index is 810. The number of aryl methyl sites for hydroxylation is 1. The van der Waals surface area contributed by atoms with Gasteiger partial charge in [0.05, 0.1) is 23.0 Å². The van der Waals surface area contributed by atoms with Crippen molar-refractivity contribution in [3.05, 3.63) is 40.5 Å². The number of aromatic nitrogens is 3. The molecule has 0 bridgehead atoms. The van der Waals surface area contributed by atoms with E-state index < -0.39 is 23.5 Å². The van der Waals surface area contributed by atoms with Crippen LogP contribution < -0.4 is 0 Å². The predicted molar refractivity (Wildman–Crippen MR) is 71.0 cm³/mol. The van der Waals surface area contributed by atoms with Crippen molar-refractivity contribution in [2.75, 3.05) is 0 Å². The Morgan fingerprint density at radius 1 is 0.957 bits per heavy atom. The zero-order valence-corrected chi connectivity index (χ0v) is 12.1. The summed E-state index contributed by atoms with van der Waals surface area (Å²) in [5, 5.41) is 4.71. The molecule has 0 aliphatic heterocycles. The first-order valence-corrected chi connectivity index (χ1v) is 6.98. The van der Waals surface area contributed by atoms with Crippen LogP contribution in [0, 0.1) is 6.92 Å². The SMILES string of the molecule is Cc1nn2cc(-c3cc(C(F)(F)F)cc(C(F)(F)F)c3)nc2s1. The number of hydrogen-bond donors (Lipinski definition) is 0. The van der Waals surface area contributed by atoms with Crippen LogP contribution in [0.25, 0.3) is 16.2 Å². The fourth-order valence-electron chi connectivity index (χ4n) is 2.04. The monoisotopic (exact) mass is 351 g/mol. The van der Waals surface area contributed by atoms with Crippen molar-refractivity contribution in [2.45, 2.75) is 19.3 Å². The first-order chi connectivity index (χ1) is 10.5. The van der Waals surface area contributed by atoms with Gasteiger partial charge >= 0.3 is 12.4 Å². The van der Waals surface area contributed by atoms with Gasteiger partial charge < -0.3 is 0 Å². The van der Waals surface area contributed by atoms with Crippen molar-refractivity contribution < 1.29 is 26.3 Å². The number of benzene rings is 1. The van der Waals surface area contributed by atoms with Gasteiger partial charge in [-0.3, -0.25) is 0 Å². The number of halogens is 6. The third kappa shape index (κ3) is 3.03. The van der Waals surface area contributed by atoms with E-state index in [1.165, 1.54) is 22.0 Å². The maximum absolute atomic E-state index is 12.8. The van der Waals surface area contributed by atoms with E-state index in [1.807, 2.05) is 0 Å². The highest BCUT2D eigenvalue weighted by Gasteiger charge is 2.37. The minimum absolute atomic E-state index is 0.000324. The van der Waals surface area contributed by atoms with E-state index in [0.717, 1.165) is 0 Å². The van der Waals surface area contributed by atoms with E-state index in [9.17, 15) is 26.3 Å². The highest BCUT2D eigenvalue weighted by atomic mass is 32.1. The number of rotatable bonds is 1. The van der Waals surface area contributed by atoms with E-state index in [-0.39, 0.29) is 17.3 Å². The van der Waals surface area contributed by atoms with Gasteiger partial charge in [-0.1, -0.05) is 11.3 Å². The lowest BCUT2D eigenvalue weighted by atomic mass is 10.0. The van der Waals surface area contributed by atoms with E-state index >= 15 is 0 Å². The molecule has 3 rings (SSSR count). The fourth-order valence-corrected chi connectivity index (χ4v) is 2.77. The molecule has 10 heteroatoms. The maximum atomic E-state index is 12.8. The van der Waals surface area contributed by atoms with Crippen LogP contribution in [0.1, 0.15) is 16.1 Å². The third-order valence-corrected chi connectivity index (χ3v) is 3.87. The lowest BCUT2D eigenvalue weighted by Crippen LogP contribution is -2.11. The van der Waals surface area contributed by atoms with Gasteiger partial charge in [-0.15, -0.1) is 0 Å². The molecule has 0 aliphatic rings. The zero-order chi connectivity index (χ0) is 17.0. The van der Waals surface area contributed by atoms with Crippen molar-refractivity contribution in [2.24, 2.45) is 0 Å². The van der Waals surface area contributed by atoms with Crippen molar-refractivity contribution >= 4 is 16.3 Å². The summed E-state index contributed by atoms with van der Waals surface area (Å²) >= 11 is 1.18. The third-order valence-electron chi connectivity index (χ3n) is 3.03. The molecule has 0 N–H and O–H groups in total. The number of imidazole rings is 1. The minimum atomic E-state index is -4.89. The zero-order valence-electron chi connectivity index (χ0n) is 11.3. The summed E-state index contributed by atoms with van der Waals surface area (Å²) in [7, 11) is 0. The molecular weight excluding hydrogens is 344 g/mol. The van der Waals surface area contributed by atoms with Crippen molar-refractivity contribution in [1.29, 1.82) is 0 Å². The van der Waals surface area contributed by atoms with Crippen molar-refractivity contribution in [3.8, 4) is 11.3 Å². The van der Waals surface area contributed by atoms with Crippen LogP contribution in [-0.2, 0) is 12.4 Å². The molecule has 1 aromatic carbocycles. The number of alkyl halides is 6. The number of hydrogen-bond acceptors (Lipinski definition) is 3. The molecule has 0 saturated heterocycles. The van der Waals surface area contributed by atoms with Gasteiger partial charge in [0.2, 0.25) is 4.96 Å². The summed E-state index contributed by atoms with van der Waals surface area (Å²) in [6.07, 6.45) is -8.47. The summed E-state index contributed by atoms with van der Waals surface area (Å²) in [6, 6.07) is 1.38. The lowest BCUT2D eigenvalue weighted by Gasteiger charge is -2.13. The summed E-state index contributed by atoms with van der Waals surface area (Å²) in [5.41, 5.74) is -3.01. The minimum Gasteiger partial charge on any atom is -0.217 e. The Morgan fingerprint density at radius 3 is 2.00 bits per heavy atom. The Kier molecular flexibility index (Phi) is 3.40. The van der Waals surface area contributed by atoms with E-state index in [1.54, 1.807) is 6.92 Å². The molecule has 0 aliphatic carbocycles. The standard InChI is InChI=1S/C13H7F6N3S/c1-6-21-22-5-10(20-11(22)23-6)7-2-8(12(14,15)16)4-9(3-7)13(17,18)19/h2-5H,1H3. The molecule has 0 amide bonds. The normalized spacial score (nSPS) is 13.0. The molecule has 0 radical (unpaired) electrons. The average molecular weight is 351 g/mol. The van der Waals surface area contributed by atoms with Crippen molar-refractivity contribution in [3.63, 3.8) is 0 Å². The maximum Gasteiger partial charge on any atom is 0.416 e. The highest BCUT2D eigenvalue weighted by molar-refractivity contribution is 7.16. The van der Waals surface area contributed by atoms with Crippen LogP contribution in [0.3, 0.4) is 0 Å². The topological polar surface area (TPSA) is 30.2 Å². The first-order valence-electron chi connectivity index (χ1n) is 6.17. The molecule has 0 fully saturated rings. The lowest BCUT2D eigenvalue weighted by molar-refractivity contribution is -0.143. The van der Waals surface area contributed by atoms with Crippen LogP contribution in [-0.4, -0.2) is 14.6 Å². The molecule has 3 aromatic rings. The van der Waals surface area contributed by atoms with Crippen LogP contribution in [0.2, 0.25) is 0 Å². The average Bonchev–Trinajstić information content (AvgIpc) is 2.93. The molecule has 0 spiro atoms. The van der Waals surface area contributed by atoms with Crippen LogP contribution >= 0.6 is 11.3 Å². The number of fused-ring (bicyclic) bond motifs is 1. The smallest absolute Gasteiger partial charge is 0.217 e. The van der Waals surface area contributed by atoms with Crippen molar-refractivity contribution in [1.82, 2.24) is 14.6 Å². The van der Waals surface area contributed by atoms with Gasteiger partial charge in [0, 0.05) is 5.56 Å². The molecular formula is C13H7F6N3S. The summed E-state index contributed by atoms with van der Waals surface area (Å²) in [4.78, 5) is 4.43. The summed E-state index contributed by atoms with van der Waals surface area (Å²) in [5.74, 6) is 0. The van der Waals surface area contributed by atoms with Gasteiger partial charge in [-0.2, -0.15) is 31.4 Å². The Labute approximate surface area is 129 Å². The second-order valence-corrected chi connectivity index (χ2v) is 5.93. The molecule has 2 aromatic heterocycles. The Morgan fingerprint density at radius 2 is 1.52 bits per heavy atom. The quantitative estimate of drug-likeness (QED) is 0.590. The molecule has 0 atom stereocenters. The molecule has 0 unspecified atom stereocenters. The van der Waals surface area contributed by atoms with Crippen LogP contribution in [0.5, 0.6) is 0 Å². The second kappa shape index (κ2) is 4.95. The molecule has 0 saturated carbocycles. The summed E-state index contributed by atoms with van der Waals surface area (Å²) in [6.45, 7) is 1.71. The number of nitrogens with zero attached hydrogens (tertiary/aromatic N) is 3. The van der Waals surface area contributed by atoms with Gasteiger partial charge in [0.25, 0.3) is 0 Å². The molecule has 3 nitrogen and oxygen atoms in total. The molecule has 122 valence electrons. The first kappa shape index (κ1) is 15.8. The van der Waals surface area contributed by atoms with Gasteiger partial charge in [-0.05, 0) is 25.1 Å². The predicted octanol–water partition coefficient (Wildman–Crippen LogP) is 4.80. The molecule has 2 heterocycles. The Balaban J connectivity index is 2.18. The van der Waals surface area contributed by atoms with Gasteiger partial charge in [0.15, 0.2) is 0 Å². The molecule has 23 heavy (non-hydrogen) atoms. The van der Waals surface area contributed by atoms with E-state index in [2.05, 4.69) is 10.1 Å².